The summed E-state index contributed by atoms with van der Waals surface area (Å²) < 4.78 is 6.11. The van der Waals surface area contributed by atoms with E-state index < -0.39 is 0 Å². The summed E-state index contributed by atoms with van der Waals surface area (Å²) >= 11 is 22.3. The van der Waals surface area contributed by atoms with Crippen molar-refractivity contribution >= 4 is 50.7 Å². The second kappa shape index (κ2) is 7.21. The molecule has 0 fully saturated rings. The number of ether oxygens (including phenoxy) is 1. The monoisotopic (exact) mass is 407 g/mol. The van der Waals surface area contributed by atoms with Crippen molar-refractivity contribution in [2.45, 2.75) is 6.04 Å². The highest BCUT2D eigenvalue weighted by Gasteiger charge is 2.20. The lowest BCUT2D eigenvalue weighted by molar-refractivity contribution is 0.415. The molecule has 0 aromatic heterocycles. The maximum absolute atomic E-state index is 6.36. The van der Waals surface area contributed by atoms with Crippen LogP contribution in [0.5, 0.6) is 5.75 Å². The average Bonchev–Trinajstić information content (AvgIpc) is 2.46. The van der Waals surface area contributed by atoms with Crippen LogP contribution in [0.3, 0.4) is 0 Å². The van der Waals surface area contributed by atoms with Gasteiger partial charge in [0.05, 0.1) is 18.2 Å². The number of rotatable bonds is 4. The van der Waals surface area contributed by atoms with Crippen LogP contribution in [0.2, 0.25) is 15.1 Å². The Morgan fingerprint density at radius 2 is 1.67 bits per heavy atom. The van der Waals surface area contributed by atoms with Crippen LogP contribution < -0.4 is 10.1 Å². The van der Waals surface area contributed by atoms with E-state index in [1.807, 2.05) is 25.2 Å². The van der Waals surface area contributed by atoms with Crippen molar-refractivity contribution in [1.82, 2.24) is 5.32 Å². The van der Waals surface area contributed by atoms with Crippen molar-refractivity contribution in [3.8, 4) is 5.75 Å². The SMILES string of the molecule is CNC(c1cc(Br)ccc1Cl)c1cc(Cl)c(OC)cc1Cl. The number of methoxy groups -OCH3 is 1. The van der Waals surface area contributed by atoms with E-state index in [9.17, 15) is 0 Å². The van der Waals surface area contributed by atoms with Gasteiger partial charge in [0.15, 0.2) is 0 Å². The molecule has 2 rings (SSSR count). The van der Waals surface area contributed by atoms with Gasteiger partial charge in [-0.1, -0.05) is 50.7 Å². The summed E-state index contributed by atoms with van der Waals surface area (Å²) in [6.45, 7) is 0. The summed E-state index contributed by atoms with van der Waals surface area (Å²) in [5, 5.41) is 4.94. The largest absolute Gasteiger partial charge is 0.495 e. The van der Waals surface area contributed by atoms with Gasteiger partial charge in [-0.3, -0.25) is 0 Å². The van der Waals surface area contributed by atoms with Crippen molar-refractivity contribution < 1.29 is 4.74 Å². The zero-order valence-electron chi connectivity index (χ0n) is 11.4. The van der Waals surface area contributed by atoms with Gasteiger partial charge in [0, 0.05) is 20.6 Å². The third-order valence-corrected chi connectivity index (χ3v) is 4.60. The van der Waals surface area contributed by atoms with E-state index in [0.29, 0.717) is 20.8 Å². The van der Waals surface area contributed by atoms with E-state index in [2.05, 4.69) is 21.2 Å². The molecule has 0 saturated carbocycles. The maximum atomic E-state index is 6.36. The minimum atomic E-state index is -0.175. The highest BCUT2D eigenvalue weighted by atomic mass is 79.9. The molecule has 1 atom stereocenters. The number of nitrogens with one attached hydrogen (secondary N) is 1. The van der Waals surface area contributed by atoms with Crippen molar-refractivity contribution in [2.75, 3.05) is 14.2 Å². The molecule has 6 heteroatoms. The van der Waals surface area contributed by atoms with E-state index in [0.717, 1.165) is 15.6 Å². The van der Waals surface area contributed by atoms with Crippen LogP contribution in [-0.2, 0) is 0 Å². The maximum Gasteiger partial charge on any atom is 0.138 e. The average molecular weight is 410 g/mol. The minimum absolute atomic E-state index is 0.175. The molecule has 21 heavy (non-hydrogen) atoms. The molecule has 0 heterocycles. The Morgan fingerprint density at radius 3 is 2.29 bits per heavy atom. The number of halogens is 4. The zero-order valence-corrected chi connectivity index (χ0v) is 15.2. The van der Waals surface area contributed by atoms with Crippen molar-refractivity contribution in [2.24, 2.45) is 0 Å². The van der Waals surface area contributed by atoms with Gasteiger partial charge in [-0.25, -0.2) is 0 Å². The van der Waals surface area contributed by atoms with Crippen molar-refractivity contribution in [1.29, 1.82) is 0 Å². The molecule has 2 aromatic carbocycles. The number of hydrogen-bond donors (Lipinski definition) is 1. The molecule has 112 valence electrons. The normalized spacial score (nSPS) is 12.3. The fourth-order valence-corrected chi connectivity index (χ4v) is 3.25. The minimum Gasteiger partial charge on any atom is -0.495 e. The molecular formula is C15H13BrCl3NO. The molecule has 0 aliphatic carbocycles. The lowest BCUT2D eigenvalue weighted by Crippen LogP contribution is -2.18. The Bertz CT molecular complexity index is 664. The Labute approximate surface area is 147 Å². The molecule has 0 spiro atoms. The summed E-state index contributed by atoms with van der Waals surface area (Å²) in [6.07, 6.45) is 0. The third-order valence-electron chi connectivity index (χ3n) is 3.14. The molecule has 0 radical (unpaired) electrons. The molecule has 2 aromatic rings. The molecule has 0 saturated heterocycles. The van der Waals surface area contributed by atoms with Gasteiger partial charge in [0.2, 0.25) is 0 Å². The van der Waals surface area contributed by atoms with Gasteiger partial charge in [0.1, 0.15) is 5.75 Å². The quantitative estimate of drug-likeness (QED) is 0.697. The van der Waals surface area contributed by atoms with E-state index in [-0.39, 0.29) is 6.04 Å². The van der Waals surface area contributed by atoms with E-state index in [4.69, 9.17) is 39.5 Å². The highest BCUT2D eigenvalue weighted by molar-refractivity contribution is 9.10. The fourth-order valence-electron chi connectivity index (χ4n) is 2.14. The van der Waals surface area contributed by atoms with Gasteiger partial charge in [-0.05, 0) is 42.4 Å². The van der Waals surface area contributed by atoms with Gasteiger partial charge >= 0.3 is 0 Å². The van der Waals surface area contributed by atoms with Crippen LogP contribution in [0.1, 0.15) is 17.2 Å². The molecule has 1 N–H and O–H groups in total. The van der Waals surface area contributed by atoms with Crippen LogP contribution in [0.25, 0.3) is 0 Å². The van der Waals surface area contributed by atoms with Gasteiger partial charge < -0.3 is 10.1 Å². The highest BCUT2D eigenvalue weighted by Crippen LogP contribution is 2.38. The summed E-state index contributed by atoms with van der Waals surface area (Å²) in [7, 11) is 3.40. The van der Waals surface area contributed by atoms with Gasteiger partial charge in [0.25, 0.3) is 0 Å². The van der Waals surface area contributed by atoms with E-state index >= 15 is 0 Å². The van der Waals surface area contributed by atoms with E-state index in [1.54, 1.807) is 19.2 Å². The first-order chi connectivity index (χ1) is 9.97. The second-order valence-corrected chi connectivity index (χ2v) is 6.53. The van der Waals surface area contributed by atoms with Crippen LogP contribution in [0, 0.1) is 0 Å². The first kappa shape index (κ1) is 16.9. The van der Waals surface area contributed by atoms with Crippen LogP contribution in [0.15, 0.2) is 34.8 Å². The molecular weight excluding hydrogens is 396 g/mol. The molecule has 2 nitrogen and oxygen atoms in total. The topological polar surface area (TPSA) is 21.3 Å². The molecule has 0 amide bonds. The van der Waals surface area contributed by atoms with Gasteiger partial charge in [-0.2, -0.15) is 0 Å². The standard InChI is InChI=1S/C15H13BrCl3NO/c1-20-15(9-5-8(16)3-4-11(9)17)10-6-13(19)14(21-2)7-12(10)18/h3-7,15,20H,1-2H3. The predicted molar refractivity (Wildman–Crippen MR) is 93.1 cm³/mol. The van der Waals surface area contributed by atoms with Crippen LogP contribution in [-0.4, -0.2) is 14.2 Å². The smallest absolute Gasteiger partial charge is 0.138 e. The molecule has 0 aliphatic heterocycles. The predicted octanol–water partition coefficient (Wildman–Crippen LogP) is 5.73. The number of benzene rings is 2. The molecule has 0 bridgehead atoms. The number of hydrogen-bond acceptors (Lipinski definition) is 2. The Hall–Kier alpha value is -0.450. The van der Waals surface area contributed by atoms with Crippen LogP contribution in [0.4, 0.5) is 0 Å². The summed E-state index contributed by atoms with van der Waals surface area (Å²) in [5.74, 6) is 0.542. The van der Waals surface area contributed by atoms with Crippen molar-refractivity contribution in [3.05, 3.63) is 61.0 Å². The molecule has 1 unspecified atom stereocenters. The van der Waals surface area contributed by atoms with Crippen molar-refractivity contribution in [3.63, 3.8) is 0 Å². The lowest BCUT2D eigenvalue weighted by Gasteiger charge is -2.21. The first-order valence-corrected chi connectivity index (χ1v) is 8.05. The Morgan fingerprint density at radius 1 is 1.00 bits per heavy atom. The Kier molecular flexibility index (Phi) is 5.81. The first-order valence-electron chi connectivity index (χ1n) is 6.13. The summed E-state index contributed by atoms with van der Waals surface area (Å²) in [6, 6.07) is 9.01. The lowest BCUT2D eigenvalue weighted by atomic mass is 9.98. The second-order valence-electron chi connectivity index (χ2n) is 4.40. The van der Waals surface area contributed by atoms with Gasteiger partial charge in [-0.15, -0.1) is 0 Å². The summed E-state index contributed by atoms with van der Waals surface area (Å²) in [4.78, 5) is 0. The summed E-state index contributed by atoms with van der Waals surface area (Å²) in [5.41, 5.74) is 1.75. The fraction of sp³-hybridized carbons (Fsp3) is 0.200. The Balaban J connectivity index is 2.56. The zero-order chi connectivity index (χ0) is 15.6. The van der Waals surface area contributed by atoms with E-state index in [1.165, 1.54) is 0 Å². The van der Waals surface area contributed by atoms with Crippen LogP contribution >= 0.6 is 50.7 Å². The third kappa shape index (κ3) is 3.66. The molecule has 0 aliphatic rings.